The van der Waals surface area contributed by atoms with Gasteiger partial charge in [-0.05, 0) is 72.6 Å². The van der Waals surface area contributed by atoms with Crippen LogP contribution in [0.3, 0.4) is 0 Å². The minimum absolute atomic E-state index is 0.866. The molecule has 0 heterocycles. The molecule has 2 atom stereocenters. The molecule has 0 aliphatic heterocycles. The topological polar surface area (TPSA) is 0 Å². The summed E-state index contributed by atoms with van der Waals surface area (Å²) in [5, 5.41) is 0. The smallest absolute Gasteiger partial charge is 0.0227 e. The molecule has 0 saturated carbocycles. The maximum atomic E-state index is 2.54. The van der Waals surface area contributed by atoms with Crippen LogP contribution in [0, 0.1) is 11.8 Å². The molecule has 0 aromatic heterocycles. The van der Waals surface area contributed by atoms with Gasteiger partial charge in [-0.25, -0.2) is 0 Å². The van der Waals surface area contributed by atoms with Crippen LogP contribution in [-0.4, -0.2) is 0 Å². The number of hydrogen-bond acceptors (Lipinski definition) is 0. The van der Waals surface area contributed by atoms with E-state index in [1.54, 1.807) is 11.1 Å². The minimum Gasteiger partial charge on any atom is -0.0805 e. The Hall–Kier alpha value is -1.30. The zero-order valence-corrected chi connectivity index (χ0v) is 17.1. The first-order valence-electron chi connectivity index (χ1n) is 11.2. The molecule has 2 aliphatic carbocycles. The van der Waals surface area contributed by atoms with Gasteiger partial charge in [0.25, 0.3) is 0 Å². The molecular formula is C26H38. The van der Waals surface area contributed by atoms with Crippen LogP contribution >= 0.6 is 0 Å². The van der Waals surface area contributed by atoms with E-state index >= 15 is 0 Å². The molecule has 1 aromatic carbocycles. The van der Waals surface area contributed by atoms with Gasteiger partial charge in [0.2, 0.25) is 0 Å². The van der Waals surface area contributed by atoms with Crippen LogP contribution in [-0.2, 0) is 0 Å². The van der Waals surface area contributed by atoms with Crippen LogP contribution in [0.1, 0.15) is 102 Å². The quantitative estimate of drug-likeness (QED) is 0.413. The second-order valence-electron chi connectivity index (χ2n) is 8.76. The van der Waals surface area contributed by atoms with E-state index in [0.717, 1.165) is 11.8 Å². The largest absolute Gasteiger partial charge is 0.0805 e. The molecule has 2 unspecified atom stereocenters. The standard InChI is InChI=1S/C26H38/c1-3-4-5-6-7-8-22-11-15-24(16-12-22)26-19-17-25(18-20-26)23-13-9-21(2)10-14-23/h13,15,17-22H,3-12,14,16H2,1-2H3. The second-order valence-corrected chi connectivity index (χ2v) is 8.76. The molecule has 3 rings (SSSR count). The molecule has 0 heteroatoms. The first kappa shape index (κ1) is 19.5. The van der Waals surface area contributed by atoms with E-state index in [0.29, 0.717) is 0 Å². The SMILES string of the molecule is CCCCCCCC1CC=C(c2ccc(C3=CCC(C)CC3)cc2)CC1. The van der Waals surface area contributed by atoms with E-state index in [-0.39, 0.29) is 0 Å². The highest BCUT2D eigenvalue weighted by Gasteiger charge is 2.16. The summed E-state index contributed by atoms with van der Waals surface area (Å²) in [7, 11) is 0. The van der Waals surface area contributed by atoms with Gasteiger partial charge in [0.05, 0.1) is 0 Å². The van der Waals surface area contributed by atoms with Crippen LogP contribution in [0.15, 0.2) is 36.4 Å². The summed E-state index contributed by atoms with van der Waals surface area (Å²) < 4.78 is 0. The van der Waals surface area contributed by atoms with Crippen molar-refractivity contribution in [2.75, 3.05) is 0 Å². The lowest BCUT2D eigenvalue weighted by molar-refractivity contribution is 0.423. The van der Waals surface area contributed by atoms with Gasteiger partial charge in [0, 0.05) is 0 Å². The van der Waals surface area contributed by atoms with Gasteiger partial charge < -0.3 is 0 Å². The fourth-order valence-corrected chi connectivity index (χ4v) is 4.58. The summed E-state index contributed by atoms with van der Waals surface area (Å²) in [5.41, 5.74) is 6.06. The van der Waals surface area contributed by atoms with Crippen LogP contribution < -0.4 is 0 Å². The van der Waals surface area contributed by atoms with Crippen molar-refractivity contribution in [1.29, 1.82) is 0 Å². The fourth-order valence-electron chi connectivity index (χ4n) is 4.58. The highest BCUT2D eigenvalue weighted by atomic mass is 14.2. The lowest BCUT2D eigenvalue weighted by Gasteiger charge is -2.23. The third kappa shape index (κ3) is 5.60. The summed E-state index contributed by atoms with van der Waals surface area (Å²) in [4.78, 5) is 0. The molecule has 0 nitrogen and oxygen atoms in total. The van der Waals surface area contributed by atoms with Crippen molar-refractivity contribution >= 4 is 11.1 Å². The summed E-state index contributed by atoms with van der Waals surface area (Å²) >= 11 is 0. The molecule has 0 N–H and O–H groups in total. The van der Waals surface area contributed by atoms with Crippen molar-refractivity contribution in [3.63, 3.8) is 0 Å². The van der Waals surface area contributed by atoms with E-state index in [1.807, 2.05) is 0 Å². The predicted octanol–water partition coefficient (Wildman–Crippen LogP) is 8.43. The Labute approximate surface area is 161 Å². The van der Waals surface area contributed by atoms with Crippen LogP contribution in [0.5, 0.6) is 0 Å². The molecule has 0 saturated heterocycles. The first-order valence-corrected chi connectivity index (χ1v) is 11.2. The maximum absolute atomic E-state index is 2.54. The molecule has 0 bridgehead atoms. The molecule has 26 heavy (non-hydrogen) atoms. The van der Waals surface area contributed by atoms with Crippen molar-refractivity contribution in [3.8, 4) is 0 Å². The molecule has 2 aliphatic rings. The Morgan fingerprint density at radius 2 is 1.38 bits per heavy atom. The number of allylic oxidation sites excluding steroid dienone is 4. The van der Waals surface area contributed by atoms with Crippen LogP contribution in [0.25, 0.3) is 11.1 Å². The average molecular weight is 351 g/mol. The van der Waals surface area contributed by atoms with E-state index in [9.17, 15) is 0 Å². The maximum Gasteiger partial charge on any atom is -0.0227 e. The molecule has 0 amide bonds. The summed E-state index contributed by atoms with van der Waals surface area (Å²) in [6, 6.07) is 9.45. The Morgan fingerprint density at radius 1 is 0.769 bits per heavy atom. The molecule has 142 valence electrons. The van der Waals surface area contributed by atoms with Gasteiger partial charge in [-0.3, -0.25) is 0 Å². The van der Waals surface area contributed by atoms with Crippen molar-refractivity contribution in [2.45, 2.75) is 90.9 Å². The van der Waals surface area contributed by atoms with E-state index in [2.05, 4.69) is 50.3 Å². The Kier molecular flexibility index (Phi) is 7.59. The van der Waals surface area contributed by atoms with Crippen LogP contribution in [0.4, 0.5) is 0 Å². The highest BCUT2D eigenvalue weighted by Crippen LogP contribution is 2.34. The van der Waals surface area contributed by atoms with Crippen molar-refractivity contribution < 1.29 is 0 Å². The van der Waals surface area contributed by atoms with Gasteiger partial charge in [-0.2, -0.15) is 0 Å². The van der Waals surface area contributed by atoms with Crippen molar-refractivity contribution in [3.05, 3.63) is 47.5 Å². The third-order valence-electron chi connectivity index (χ3n) is 6.54. The second kappa shape index (κ2) is 10.1. The Balaban J connectivity index is 1.49. The monoisotopic (exact) mass is 350 g/mol. The normalized spacial score (nSPS) is 23.5. The number of hydrogen-bond donors (Lipinski definition) is 0. The van der Waals surface area contributed by atoms with Crippen molar-refractivity contribution in [2.24, 2.45) is 11.8 Å². The van der Waals surface area contributed by atoms with Gasteiger partial charge in [0.15, 0.2) is 0 Å². The van der Waals surface area contributed by atoms with Gasteiger partial charge >= 0.3 is 0 Å². The zero-order valence-electron chi connectivity index (χ0n) is 17.1. The van der Waals surface area contributed by atoms with E-state index < -0.39 is 0 Å². The number of benzene rings is 1. The highest BCUT2D eigenvalue weighted by molar-refractivity contribution is 5.71. The van der Waals surface area contributed by atoms with Gasteiger partial charge in [-0.15, -0.1) is 0 Å². The minimum atomic E-state index is 0.866. The molecule has 1 aromatic rings. The predicted molar refractivity (Wildman–Crippen MR) is 116 cm³/mol. The molecule has 0 radical (unpaired) electrons. The average Bonchev–Trinajstić information content (AvgIpc) is 2.69. The summed E-state index contributed by atoms with van der Waals surface area (Å²) in [6.07, 6.45) is 21.4. The number of unbranched alkanes of at least 4 members (excludes halogenated alkanes) is 4. The van der Waals surface area contributed by atoms with E-state index in [4.69, 9.17) is 0 Å². The molecular weight excluding hydrogens is 312 g/mol. The van der Waals surface area contributed by atoms with Crippen molar-refractivity contribution in [1.82, 2.24) is 0 Å². The first-order chi connectivity index (χ1) is 12.8. The van der Waals surface area contributed by atoms with E-state index in [1.165, 1.54) is 88.2 Å². The number of rotatable bonds is 8. The van der Waals surface area contributed by atoms with Gasteiger partial charge in [0.1, 0.15) is 0 Å². The van der Waals surface area contributed by atoms with Gasteiger partial charge in [-0.1, -0.05) is 88.8 Å². The molecule has 0 fully saturated rings. The Morgan fingerprint density at radius 3 is 1.92 bits per heavy atom. The lowest BCUT2D eigenvalue weighted by atomic mass is 9.83. The summed E-state index contributed by atoms with van der Waals surface area (Å²) in [6.45, 7) is 4.66. The summed E-state index contributed by atoms with van der Waals surface area (Å²) in [5.74, 6) is 1.80. The third-order valence-corrected chi connectivity index (χ3v) is 6.54. The fraction of sp³-hybridized carbons (Fsp3) is 0.615. The Bertz CT molecular complexity index is 601. The zero-order chi connectivity index (χ0) is 18.2. The molecule has 0 spiro atoms. The lowest BCUT2D eigenvalue weighted by Crippen LogP contribution is -2.05. The van der Waals surface area contributed by atoms with Crippen LogP contribution in [0.2, 0.25) is 0 Å².